The Morgan fingerprint density at radius 1 is 1.23 bits per heavy atom. The maximum absolute atomic E-state index is 13.5. The van der Waals surface area contributed by atoms with Crippen molar-refractivity contribution in [2.24, 2.45) is 0 Å². The molecule has 0 radical (unpaired) electrons. The van der Waals surface area contributed by atoms with E-state index in [1.165, 1.54) is 30.6 Å². The lowest BCUT2D eigenvalue weighted by Gasteiger charge is -2.24. The zero-order chi connectivity index (χ0) is 22.3. The zero-order valence-corrected chi connectivity index (χ0v) is 16.9. The molecule has 2 aromatic rings. The molecule has 10 heteroatoms. The van der Waals surface area contributed by atoms with Gasteiger partial charge in [-0.25, -0.2) is 9.97 Å². The number of halogens is 3. The van der Waals surface area contributed by atoms with Gasteiger partial charge in [0.25, 0.3) is 0 Å². The summed E-state index contributed by atoms with van der Waals surface area (Å²) in [6.45, 7) is 3.97. The number of hydrogen-bond donors (Lipinski definition) is 2. The first-order chi connectivity index (χ1) is 14.2. The topological polar surface area (TPSA) is 93.6 Å². The number of methoxy groups -OCH3 is 1. The summed E-state index contributed by atoms with van der Waals surface area (Å²) in [6, 6.07) is 4.47. The first-order valence-corrected chi connectivity index (χ1v) is 9.36. The molecule has 0 saturated carbocycles. The number of nitrogens with one attached hydrogen (secondary N) is 1. The van der Waals surface area contributed by atoms with E-state index in [2.05, 4.69) is 15.3 Å². The number of nitrogens with zero attached hydrogens (tertiary/aromatic N) is 2. The highest BCUT2D eigenvalue weighted by Gasteiger charge is 2.42. The van der Waals surface area contributed by atoms with Crippen molar-refractivity contribution >= 4 is 17.3 Å². The molecule has 30 heavy (non-hydrogen) atoms. The SMILES string of the molecule is CCOc1ncc(Nc2cc([C@H](CC)CC(=O)O)ccc2[C@H](OC)C(F)(F)F)cn1. The Kier molecular flexibility index (Phi) is 7.99. The van der Waals surface area contributed by atoms with Crippen LogP contribution in [0.25, 0.3) is 0 Å². The van der Waals surface area contributed by atoms with Gasteiger partial charge < -0.3 is 19.9 Å². The molecule has 0 aliphatic heterocycles. The standard InChI is InChI=1S/C20H24F3N3O4/c1-4-12(9-17(27)28)13-6-7-15(18(29-3)20(21,22)23)16(8-13)26-14-10-24-19(25-11-14)30-5-2/h6-8,10-12,18,26H,4-5,9H2,1-3H3,(H,27,28)/t12-,18+/m1/s1. The Hall–Kier alpha value is -2.88. The molecule has 1 aromatic heterocycles. The Balaban J connectivity index is 2.47. The Bertz CT molecular complexity index is 844. The van der Waals surface area contributed by atoms with Crippen LogP contribution < -0.4 is 10.1 Å². The number of aromatic nitrogens is 2. The number of benzene rings is 1. The van der Waals surface area contributed by atoms with Crippen LogP contribution in [0, 0.1) is 0 Å². The van der Waals surface area contributed by atoms with E-state index in [4.69, 9.17) is 14.6 Å². The molecule has 0 fully saturated rings. The van der Waals surface area contributed by atoms with Crippen LogP contribution in [-0.4, -0.2) is 40.9 Å². The van der Waals surface area contributed by atoms with Crippen LogP contribution in [-0.2, 0) is 9.53 Å². The van der Waals surface area contributed by atoms with Gasteiger partial charge in [0.2, 0.25) is 0 Å². The number of carbonyl (C=O) groups is 1. The minimum atomic E-state index is -4.63. The molecule has 2 atom stereocenters. The van der Waals surface area contributed by atoms with Crippen molar-refractivity contribution in [2.45, 2.75) is 44.9 Å². The van der Waals surface area contributed by atoms with E-state index in [0.29, 0.717) is 24.3 Å². The lowest BCUT2D eigenvalue weighted by Crippen LogP contribution is -2.23. The minimum absolute atomic E-state index is 0.131. The molecular weight excluding hydrogens is 403 g/mol. The van der Waals surface area contributed by atoms with Gasteiger partial charge in [-0.05, 0) is 30.9 Å². The van der Waals surface area contributed by atoms with Crippen molar-refractivity contribution in [2.75, 3.05) is 19.0 Å². The summed E-state index contributed by atoms with van der Waals surface area (Å²) >= 11 is 0. The van der Waals surface area contributed by atoms with Crippen molar-refractivity contribution in [1.82, 2.24) is 9.97 Å². The fraction of sp³-hybridized carbons (Fsp3) is 0.450. The fourth-order valence-electron chi connectivity index (χ4n) is 3.05. The maximum atomic E-state index is 13.5. The molecule has 0 aliphatic rings. The lowest BCUT2D eigenvalue weighted by atomic mass is 9.91. The van der Waals surface area contributed by atoms with Gasteiger partial charge >= 0.3 is 18.2 Å². The minimum Gasteiger partial charge on any atom is -0.481 e. The summed E-state index contributed by atoms with van der Waals surface area (Å²) in [5, 5.41) is 12.0. The number of rotatable bonds is 10. The Morgan fingerprint density at radius 3 is 2.40 bits per heavy atom. The number of alkyl halides is 3. The molecule has 0 amide bonds. The van der Waals surface area contributed by atoms with Crippen molar-refractivity contribution in [3.63, 3.8) is 0 Å². The molecule has 2 N–H and O–H groups in total. The fourth-order valence-corrected chi connectivity index (χ4v) is 3.05. The van der Waals surface area contributed by atoms with Gasteiger partial charge in [-0.15, -0.1) is 0 Å². The molecule has 1 heterocycles. The highest BCUT2D eigenvalue weighted by molar-refractivity contribution is 5.69. The van der Waals surface area contributed by atoms with E-state index in [-0.39, 0.29) is 29.6 Å². The molecular formula is C20H24F3N3O4. The van der Waals surface area contributed by atoms with Gasteiger partial charge in [0.1, 0.15) is 0 Å². The number of ether oxygens (including phenoxy) is 2. The first kappa shape index (κ1) is 23.4. The second-order valence-electron chi connectivity index (χ2n) is 6.52. The summed E-state index contributed by atoms with van der Waals surface area (Å²) in [5.41, 5.74) is 0.955. The van der Waals surface area contributed by atoms with Gasteiger partial charge in [0, 0.05) is 18.4 Å². The van der Waals surface area contributed by atoms with E-state index in [1.54, 1.807) is 6.92 Å². The third-order valence-electron chi connectivity index (χ3n) is 4.46. The van der Waals surface area contributed by atoms with Crippen molar-refractivity contribution in [3.8, 4) is 6.01 Å². The van der Waals surface area contributed by atoms with E-state index in [9.17, 15) is 18.0 Å². The predicted octanol–water partition coefficient (Wildman–Crippen LogP) is 4.84. The van der Waals surface area contributed by atoms with Crippen LogP contribution in [0.4, 0.5) is 24.5 Å². The summed E-state index contributed by atoms with van der Waals surface area (Å²) < 4.78 is 50.3. The molecule has 0 spiro atoms. The van der Waals surface area contributed by atoms with Crippen LogP contribution in [0.5, 0.6) is 6.01 Å². The number of anilines is 2. The molecule has 0 bridgehead atoms. The van der Waals surface area contributed by atoms with Crippen LogP contribution in [0.1, 0.15) is 49.8 Å². The largest absolute Gasteiger partial charge is 0.481 e. The molecule has 0 saturated heterocycles. The van der Waals surface area contributed by atoms with Gasteiger partial charge in [-0.3, -0.25) is 4.79 Å². The van der Waals surface area contributed by atoms with Crippen LogP contribution in [0.15, 0.2) is 30.6 Å². The van der Waals surface area contributed by atoms with Crippen molar-refractivity contribution in [1.29, 1.82) is 0 Å². The Labute approximate surface area is 172 Å². The normalized spacial score (nSPS) is 13.5. The molecule has 2 rings (SSSR count). The van der Waals surface area contributed by atoms with Gasteiger partial charge in [0.05, 0.1) is 31.1 Å². The summed E-state index contributed by atoms with van der Waals surface area (Å²) in [4.78, 5) is 19.1. The number of carboxylic acids is 1. The summed E-state index contributed by atoms with van der Waals surface area (Å²) in [6.07, 6.45) is -3.62. The van der Waals surface area contributed by atoms with Gasteiger partial charge in [-0.1, -0.05) is 19.1 Å². The van der Waals surface area contributed by atoms with Crippen LogP contribution in [0.3, 0.4) is 0 Å². The van der Waals surface area contributed by atoms with Crippen LogP contribution in [0.2, 0.25) is 0 Å². The second-order valence-corrected chi connectivity index (χ2v) is 6.52. The van der Waals surface area contributed by atoms with E-state index in [1.807, 2.05) is 6.92 Å². The Morgan fingerprint density at radius 2 is 1.90 bits per heavy atom. The number of carboxylic acid groups (broad SMARTS) is 1. The monoisotopic (exact) mass is 427 g/mol. The van der Waals surface area contributed by atoms with E-state index >= 15 is 0 Å². The highest BCUT2D eigenvalue weighted by Crippen LogP contribution is 2.41. The van der Waals surface area contributed by atoms with E-state index < -0.39 is 18.2 Å². The van der Waals surface area contributed by atoms with Crippen molar-refractivity contribution in [3.05, 3.63) is 41.7 Å². The van der Waals surface area contributed by atoms with Gasteiger partial charge in [0.15, 0.2) is 6.10 Å². The molecule has 1 aromatic carbocycles. The number of aliphatic carboxylic acids is 1. The van der Waals surface area contributed by atoms with Crippen LogP contribution >= 0.6 is 0 Å². The van der Waals surface area contributed by atoms with Gasteiger partial charge in [-0.2, -0.15) is 13.2 Å². The molecule has 0 unspecified atom stereocenters. The maximum Gasteiger partial charge on any atom is 0.418 e. The molecule has 7 nitrogen and oxygen atoms in total. The smallest absolute Gasteiger partial charge is 0.418 e. The summed E-state index contributed by atoms with van der Waals surface area (Å²) in [7, 11) is 0.981. The average Bonchev–Trinajstić information content (AvgIpc) is 2.68. The second kappa shape index (κ2) is 10.2. The predicted molar refractivity (Wildman–Crippen MR) is 104 cm³/mol. The quantitative estimate of drug-likeness (QED) is 0.560. The third-order valence-corrected chi connectivity index (χ3v) is 4.46. The average molecular weight is 427 g/mol. The third kappa shape index (κ3) is 6.06. The van der Waals surface area contributed by atoms with E-state index in [0.717, 1.165) is 7.11 Å². The highest BCUT2D eigenvalue weighted by atomic mass is 19.4. The zero-order valence-electron chi connectivity index (χ0n) is 16.9. The first-order valence-electron chi connectivity index (χ1n) is 9.36. The lowest BCUT2D eigenvalue weighted by molar-refractivity contribution is -0.215. The number of hydrogen-bond acceptors (Lipinski definition) is 6. The van der Waals surface area contributed by atoms with Crippen molar-refractivity contribution < 1.29 is 32.5 Å². The summed E-state index contributed by atoms with van der Waals surface area (Å²) in [5.74, 6) is -1.33. The molecule has 164 valence electrons. The molecule has 0 aliphatic carbocycles.